The molecule has 2 amide bonds. The summed E-state index contributed by atoms with van der Waals surface area (Å²) in [5.74, 6) is -0.0244. The highest BCUT2D eigenvalue weighted by atomic mass is 16.2. The molecule has 1 atom stereocenters. The highest BCUT2D eigenvalue weighted by molar-refractivity contribution is 5.94. The Morgan fingerprint density at radius 1 is 1.23 bits per heavy atom. The third-order valence-electron chi connectivity index (χ3n) is 5.55. The molecule has 0 aliphatic heterocycles. The number of nitrogens with two attached hydrogens (primary N) is 1. The maximum atomic E-state index is 12.4. The summed E-state index contributed by atoms with van der Waals surface area (Å²) in [4.78, 5) is 24.6. The Morgan fingerprint density at radius 2 is 1.96 bits per heavy atom. The molecular weight excluding hydrogens is 326 g/mol. The quantitative estimate of drug-likeness (QED) is 0.667. The Bertz CT molecular complexity index is 609. The van der Waals surface area contributed by atoms with Gasteiger partial charge in [-0.2, -0.15) is 0 Å². The summed E-state index contributed by atoms with van der Waals surface area (Å²) in [5.41, 5.74) is 7.50. The lowest BCUT2D eigenvalue weighted by atomic mass is 9.71. The molecule has 5 heteroatoms. The molecule has 0 heterocycles. The van der Waals surface area contributed by atoms with Crippen molar-refractivity contribution in [2.24, 2.45) is 11.1 Å². The molecule has 1 saturated carbocycles. The molecule has 1 fully saturated rings. The fourth-order valence-corrected chi connectivity index (χ4v) is 3.59. The van der Waals surface area contributed by atoms with Crippen molar-refractivity contribution in [2.45, 2.75) is 71.4 Å². The molecule has 26 heavy (non-hydrogen) atoms. The zero-order valence-corrected chi connectivity index (χ0v) is 16.1. The molecule has 4 N–H and O–H groups in total. The van der Waals surface area contributed by atoms with Crippen LogP contribution in [0.15, 0.2) is 24.3 Å². The van der Waals surface area contributed by atoms with Crippen LogP contribution in [0.2, 0.25) is 0 Å². The number of carbonyl (C=O) groups excluding carboxylic acids is 2. The normalized spacial score (nSPS) is 17.3. The molecule has 0 radical (unpaired) electrons. The van der Waals surface area contributed by atoms with E-state index in [-0.39, 0.29) is 23.3 Å². The number of rotatable bonds is 8. The van der Waals surface area contributed by atoms with E-state index >= 15 is 0 Å². The van der Waals surface area contributed by atoms with Crippen molar-refractivity contribution in [2.75, 3.05) is 6.54 Å². The van der Waals surface area contributed by atoms with Gasteiger partial charge in [0.15, 0.2) is 0 Å². The van der Waals surface area contributed by atoms with Gasteiger partial charge in [0, 0.05) is 24.6 Å². The number of hydrogen-bond donors (Lipinski definition) is 3. The van der Waals surface area contributed by atoms with Crippen LogP contribution in [0.5, 0.6) is 0 Å². The average Bonchev–Trinajstić information content (AvgIpc) is 2.67. The molecule has 0 aromatic heterocycles. The van der Waals surface area contributed by atoms with Crippen molar-refractivity contribution in [1.82, 2.24) is 10.6 Å². The van der Waals surface area contributed by atoms with Gasteiger partial charge in [0.1, 0.15) is 0 Å². The summed E-state index contributed by atoms with van der Waals surface area (Å²) in [6.07, 6.45) is 7.05. The standard InChI is InChI=1S/C21H33N3O2/c1-3-16(2)24-20(26)18-9-7-8-17(12-18)14-23-19(25)13-21(15-22)10-5-4-6-11-21/h7-9,12,16H,3-6,10-11,13-15,22H2,1-2H3,(H,23,25)(H,24,26). The van der Waals surface area contributed by atoms with Gasteiger partial charge in [-0.1, -0.05) is 38.3 Å². The molecule has 1 aliphatic carbocycles. The minimum absolute atomic E-state index is 0.0274. The van der Waals surface area contributed by atoms with E-state index < -0.39 is 0 Å². The molecule has 0 spiro atoms. The topological polar surface area (TPSA) is 84.2 Å². The monoisotopic (exact) mass is 359 g/mol. The van der Waals surface area contributed by atoms with Gasteiger partial charge < -0.3 is 16.4 Å². The lowest BCUT2D eigenvalue weighted by molar-refractivity contribution is -0.124. The van der Waals surface area contributed by atoms with Crippen LogP contribution in [0.3, 0.4) is 0 Å². The lowest BCUT2D eigenvalue weighted by Crippen LogP contribution is -2.38. The SMILES string of the molecule is CCC(C)NC(=O)c1cccc(CNC(=O)CC2(CN)CCCCC2)c1. The minimum atomic E-state index is -0.0724. The van der Waals surface area contributed by atoms with Gasteiger partial charge in [-0.25, -0.2) is 0 Å². The van der Waals surface area contributed by atoms with Crippen molar-refractivity contribution in [3.05, 3.63) is 35.4 Å². The van der Waals surface area contributed by atoms with Crippen LogP contribution in [0.1, 0.15) is 74.7 Å². The van der Waals surface area contributed by atoms with Crippen LogP contribution in [-0.4, -0.2) is 24.4 Å². The molecule has 1 aromatic rings. The van der Waals surface area contributed by atoms with Crippen molar-refractivity contribution in [3.8, 4) is 0 Å². The van der Waals surface area contributed by atoms with Crippen molar-refractivity contribution >= 4 is 11.8 Å². The van der Waals surface area contributed by atoms with Gasteiger partial charge >= 0.3 is 0 Å². The molecule has 1 aromatic carbocycles. The summed E-state index contributed by atoms with van der Waals surface area (Å²) in [5, 5.41) is 5.96. The summed E-state index contributed by atoms with van der Waals surface area (Å²) in [7, 11) is 0. The third kappa shape index (κ3) is 5.84. The fourth-order valence-electron chi connectivity index (χ4n) is 3.59. The van der Waals surface area contributed by atoms with E-state index in [0.717, 1.165) is 37.7 Å². The van der Waals surface area contributed by atoms with E-state index in [2.05, 4.69) is 10.6 Å². The zero-order chi connectivity index (χ0) is 19.0. The largest absolute Gasteiger partial charge is 0.352 e. The van der Waals surface area contributed by atoms with E-state index in [1.165, 1.54) is 6.42 Å². The Kier molecular flexibility index (Phi) is 7.64. The molecule has 5 nitrogen and oxygen atoms in total. The third-order valence-corrected chi connectivity index (χ3v) is 5.55. The molecule has 2 rings (SSSR count). The number of carbonyl (C=O) groups is 2. The van der Waals surface area contributed by atoms with Crippen molar-refractivity contribution in [3.63, 3.8) is 0 Å². The first-order valence-electron chi connectivity index (χ1n) is 9.84. The van der Waals surface area contributed by atoms with Crippen LogP contribution < -0.4 is 16.4 Å². The van der Waals surface area contributed by atoms with Gasteiger partial charge in [-0.15, -0.1) is 0 Å². The maximum absolute atomic E-state index is 12.4. The van der Waals surface area contributed by atoms with Crippen molar-refractivity contribution < 1.29 is 9.59 Å². The average molecular weight is 360 g/mol. The Hall–Kier alpha value is -1.88. The van der Waals surface area contributed by atoms with Crippen LogP contribution in [0.4, 0.5) is 0 Å². The Labute approximate surface area is 157 Å². The predicted octanol–water partition coefficient (Wildman–Crippen LogP) is 3.13. The zero-order valence-electron chi connectivity index (χ0n) is 16.1. The number of hydrogen-bond acceptors (Lipinski definition) is 3. The summed E-state index contributed by atoms with van der Waals surface area (Å²) in [6, 6.07) is 7.58. The molecule has 0 bridgehead atoms. The van der Waals surface area contributed by atoms with Crippen LogP contribution in [0, 0.1) is 5.41 Å². The van der Waals surface area contributed by atoms with Crippen molar-refractivity contribution in [1.29, 1.82) is 0 Å². The molecule has 1 unspecified atom stereocenters. The number of benzene rings is 1. The van der Waals surface area contributed by atoms with Gasteiger partial charge in [-0.05, 0) is 55.8 Å². The Balaban J connectivity index is 1.89. The second-order valence-electron chi connectivity index (χ2n) is 7.70. The molecular formula is C21H33N3O2. The summed E-state index contributed by atoms with van der Waals surface area (Å²) >= 11 is 0. The van der Waals surface area contributed by atoms with E-state index in [4.69, 9.17) is 5.73 Å². The minimum Gasteiger partial charge on any atom is -0.352 e. The molecule has 0 saturated heterocycles. The highest BCUT2D eigenvalue weighted by Crippen LogP contribution is 2.38. The second-order valence-corrected chi connectivity index (χ2v) is 7.70. The number of nitrogens with one attached hydrogen (secondary N) is 2. The van der Waals surface area contributed by atoms with Crippen LogP contribution in [-0.2, 0) is 11.3 Å². The summed E-state index contributed by atoms with van der Waals surface area (Å²) in [6.45, 7) is 5.04. The molecule has 1 aliphatic rings. The van der Waals surface area contributed by atoms with Gasteiger partial charge in [0.25, 0.3) is 5.91 Å². The predicted molar refractivity (Wildman–Crippen MR) is 105 cm³/mol. The first-order chi connectivity index (χ1) is 12.5. The fraction of sp³-hybridized carbons (Fsp3) is 0.619. The van der Waals surface area contributed by atoms with E-state index in [1.807, 2.05) is 32.0 Å². The van der Waals surface area contributed by atoms with Gasteiger partial charge in [0.05, 0.1) is 0 Å². The summed E-state index contributed by atoms with van der Waals surface area (Å²) < 4.78 is 0. The van der Waals surface area contributed by atoms with E-state index in [0.29, 0.717) is 25.1 Å². The first-order valence-corrected chi connectivity index (χ1v) is 9.84. The maximum Gasteiger partial charge on any atom is 0.251 e. The highest BCUT2D eigenvalue weighted by Gasteiger charge is 2.32. The van der Waals surface area contributed by atoms with Crippen LogP contribution >= 0.6 is 0 Å². The van der Waals surface area contributed by atoms with E-state index in [9.17, 15) is 9.59 Å². The number of amides is 2. The lowest BCUT2D eigenvalue weighted by Gasteiger charge is -2.35. The first kappa shape index (κ1) is 20.4. The molecule has 144 valence electrons. The second kappa shape index (κ2) is 9.72. The van der Waals surface area contributed by atoms with Gasteiger partial charge in [0.2, 0.25) is 5.91 Å². The Morgan fingerprint density at radius 3 is 2.62 bits per heavy atom. The smallest absolute Gasteiger partial charge is 0.251 e. The van der Waals surface area contributed by atoms with E-state index in [1.54, 1.807) is 6.07 Å². The van der Waals surface area contributed by atoms with Gasteiger partial charge in [-0.3, -0.25) is 9.59 Å². The van der Waals surface area contributed by atoms with Crippen LogP contribution in [0.25, 0.3) is 0 Å².